The van der Waals surface area contributed by atoms with E-state index in [9.17, 15) is 67.7 Å². The van der Waals surface area contributed by atoms with E-state index in [0.29, 0.717) is 49.1 Å². The van der Waals surface area contributed by atoms with Gasteiger partial charge in [-0.05, 0) is 113 Å². The minimum atomic E-state index is -1.45. The molecule has 0 unspecified atom stereocenters. The molecule has 0 saturated carbocycles. The molecule has 0 spiro atoms. The van der Waals surface area contributed by atoms with Crippen molar-refractivity contribution in [2.45, 2.75) is 139 Å². The molecule has 31 heteroatoms. The van der Waals surface area contributed by atoms with E-state index in [1.807, 2.05) is 6.26 Å². The van der Waals surface area contributed by atoms with Crippen LogP contribution in [0.5, 0.6) is 5.75 Å². The quantitative estimate of drug-likeness (QED) is 0.0229. The Kier molecular flexibility index (Phi) is 36.5. The number of nitrogens with two attached hydrogens (primary N) is 3. The largest absolute Gasteiger partial charge is 0.508 e. The number of thiol groups is 2. The van der Waals surface area contributed by atoms with Gasteiger partial charge in [0.25, 0.3) is 0 Å². The molecule has 0 aliphatic heterocycles. The van der Waals surface area contributed by atoms with Gasteiger partial charge in [-0.15, -0.1) is 0 Å². The fraction of sp³-hybridized carbons (Fsp3) is 0.571. The third-order valence-electron chi connectivity index (χ3n) is 13.0. The number of hydrogen-bond acceptors (Lipinski definition) is 19. The van der Waals surface area contributed by atoms with Crippen LogP contribution in [0.1, 0.15) is 83.3 Å². The third-order valence-corrected chi connectivity index (χ3v) is 14.4. The number of carboxylic acid groups (broad SMARTS) is 1. The Bertz CT molecular complexity index is 2570. The zero-order chi connectivity index (χ0) is 65.0. The zero-order valence-electron chi connectivity index (χ0n) is 49.5. The van der Waals surface area contributed by atoms with Crippen molar-refractivity contribution in [3.05, 3.63) is 65.7 Å². The van der Waals surface area contributed by atoms with Crippen LogP contribution < -0.4 is 75.7 Å². The summed E-state index contributed by atoms with van der Waals surface area (Å²) in [4.78, 5) is 160. The lowest BCUT2D eigenvalue weighted by Gasteiger charge is -2.27. The fourth-order valence-corrected chi connectivity index (χ4v) is 9.21. The molecule has 0 heterocycles. The highest BCUT2D eigenvalue weighted by atomic mass is 32.2. The van der Waals surface area contributed by atoms with Crippen LogP contribution in [0.15, 0.2) is 54.6 Å². The molecule has 0 fully saturated rings. The first-order valence-electron chi connectivity index (χ1n) is 28.5. The molecular weight excluding hydrogens is 1190 g/mol. The molecule has 0 aromatic heterocycles. The van der Waals surface area contributed by atoms with E-state index in [-0.39, 0.29) is 68.2 Å². The summed E-state index contributed by atoms with van der Waals surface area (Å²) in [5.41, 5.74) is 18.0. The molecule has 2 aromatic rings. The SMILES string of the molecule is CSCC[C@H](NC(=O)[C@H](C)N)C(=O)N[C@@H](CS)C(=O)NCC(=O)N[C@@H](CCCCN)C(=O)N[C@@H](Cc1ccc(O)cc1)C(=O)N[C@@H](CS)C(=O)N[C@@H](CC(C)C)C(=O)N[C@@H](Cc1ccccc1)C(=O)NCC(=O)NCC(=O)N[C@@H](CCCCN)C(=O)O. The van der Waals surface area contributed by atoms with Crippen LogP contribution in [0.2, 0.25) is 0 Å². The van der Waals surface area contributed by atoms with Crippen molar-refractivity contribution in [1.82, 2.24) is 58.5 Å². The van der Waals surface area contributed by atoms with E-state index in [0.717, 1.165) is 0 Å². The van der Waals surface area contributed by atoms with Crippen molar-refractivity contribution >= 4 is 108 Å². The van der Waals surface area contributed by atoms with Gasteiger partial charge in [0.2, 0.25) is 65.0 Å². The Morgan fingerprint density at radius 2 is 0.874 bits per heavy atom. The monoisotopic (exact) mass is 1280 g/mol. The molecular formula is C56H88N14O14S3. The number of nitrogens with one attached hydrogen (secondary N) is 11. The lowest BCUT2D eigenvalue weighted by Crippen LogP contribution is -2.60. The Morgan fingerprint density at radius 1 is 0.471 bits per heavy atom. The summed E-state index contributed by atoms with van der Waals surface area (Å²) in [6.45, 7) is 3.69. The number of amides is 11. The number of carboxylic acids is 1. The van der Waals surface area contributed by atoms with E-state index in [1.165, 1.54) is 43.0 Å². The number of rotatable bonds is 42. The van der Waals surface area contributed by atoms with Crippen molar-refractivity contribution in [3.8, 4) is 5.75 Å². The number of hydrogen-bond donors (Lipinski definition) is 18. The van der Waals surface area contributed by atoms with E-state index < -0.39 is 145 Å². The molecule has 2 rings (SSSR count). The van der Waals surface area contributed by atoms with Gasteiger partial charge in [-0.3, -0.25) is 52.7 Å². The highest BCUT2D eigenvalue weighted by molar-refractivity contribution is 7.98. The lowest BCUT2D eigenvalue weighted by molar-refractivity contribution is -0.142. The molecule has 87 heavy (non-hydrogen) atoms. The van der Waals surface area contributed by atoms with Crippen LogP contribution in [0.25, 0.3) is 0 Å². The minimum absolute atomic E-state index is 0.0229. The van der Waals surface area contributed by atoms with E-state index in [4.69, 9.17) is 17.2 Å². The number of aromatic hydroxyl groups is 1. The van der Waals surface area contributed by atoms with Crippen LogP contribution in [-0.2, 0) is 70.4 Å². The molecule has 0 radical (unpaired) electrons. The van der Waals surface area contributed by atoms with Crippen molar-refractivity contribution in [2.75, 3.05) is 56.2 Å². The topological polar surface area (TPSA) is 456 Å². The molecule has 0 aliphatic carbocycles. The van der Waals surface area contributed by atoms with Gasteiger partial charge in [0.15, 0.2) is 0 Å². The molecule has 9 atom stereocenters. The molecule has 19 N–H and O–H groups in total. The summed E-state index contributed by atoms with van der Waals surface area (Å²) in [5, 5.41) is 47.2. The Hall–Kier alpha value is -7.19. The molecule has 11 amide bonds. The molecule has 0 bridgehead atoms. The third kappa shape index (κ3) is 30.3. The first-order chi connectivity index (χ1) is 41.3. The van der Waals surface area contributed by atoms with Gasteiger partial charge >= 0.3 is 5.97 Å². The van der Waals surface area contributed by atoms with Crippen LogP contribution in [0.3, 0.4) is 0 Å². The van der Waals surface area contributed by atoms with Crippen LogP contribution in [0.4, 0.5) is 0 Å². The lowest BCUT2D eigenvalue weighted by atomic mass is 10.0. The summed E-state index contributed by atoms with van der Waals surface area (Å²) in [7, 11) is 0. The first-order valence-corrected chi connectivity index (χ1v) is 31.2. The molecule has 2 aromatic carbocycles. The number of benzene rings is 2. The summed E-state index contributed by atoms with van der Waals surface area (Å²) in [6.07, 6.45) is 3.72. The number of phenolic OH excluding ortho intramolecular Hbond substituents is 1. The standard InChI is InChI=1S/C56H88N14O14S3/c1-32(2)24-40(53(80)67-41(25-34-12-6-5-7-13-34)49(76)61-27-45(72)60-28-46(73)64-39(56(83)84)15-9-11-22-58)66-55(82)44(31-86)70-54(81)42(26-35-16-18-36(71)19-17-35)68-51(78)37(14-8-10-21-57)63-47(74)29-62-50(77)43(30-85)69-52(79)38(20-23-87-4)65-48(75)33(3)59/h5-7,12-13,16-19,32-33,37-44,71,85-86H,8-11,14-15,20-31,57-59H2,1-4H3,(H,60,72)(H,61,76)(H,62,77)(H,63,74)(H,64,73)(H,65,75)(H,66,82)(H,67,80)(H,68,78)(H,69,79)(H,70,81)(H,83,84)/t33-,37-,38-,39-,40-,41-,42-,43-,44-/m0/s1. The zero-order valence-corrected chi connectivity index (χ0v) is 52.1. The number of unbranched alkanes of at least 4 members (excludes halogenated alkanes) is 2. The normalized spacial score (nSPS) is 14.1. The summed E-state index contributed by atoms with van der Waals surface area (Å²) < 4.78 is 0. The van der Waals surface area contributed by atoms with E-state index in [2.05, 4.69) is 83.7 Å². The Balaban J connectivity index is 2.30. The smallest absolute Gasteiger partial charge is 0.326 e. The maximum atomic E-state index is 14.3. The average Bonchev–Trinajstić information content (AvgIpc) is 3.70. The van der Waals surface area contributed by atoms with Gasteiger partial charge in [-0.2, -0.15) is 37.0 Å². The molecule has 0 aliphatic rings. The second-order valence-electron chi connectivity index (χ2n) is 20.9. The number of aliphatic carboxylic acids is 1. The second kappa shape index (κ2) is 41.8. The number of carbonyl (C=O) groups excluding carboxylic acids is 11. The minimum Gasteiger partial charge on any atom is -0.508 e. The van der Waals surface area contributed by atoms with Crippen LogP contribution in [0, 0.1) is 5.92 Å². The highest BCUT2D eigenvalue weighted by Gasteiger charge is 2.34. The van der Waals surface area contributed by atoms with Gasteiger partial charge in [0, 0.05) is 24.3 Å². The maximum absolute atomic E-state index is 14.3. The van der Waals surface area contributed by atoms with Crippen molar-refractivity contribution < 1.29 is 67.7 Å². The first kappa shape index (κ1) is 75.9. The van der Waals surface area contributed by atoms with Gasteiger partial charge in [0.1, 0.15) is 54.1 Å². The van der Waals surface area contributed by atoms with Gasteiger partial charge in [-0.25, -0.2) is 4.79 Å². The highest BCUT2D eigenvalue weighted by Crippen LogP contribution is 2.14. The Morgan fingerprint density at radius 3 is 1.38 bits per heavy atom. The van der Waals surface area contributed by atoms with Crippen LogP contribution in [-0.4, -0.2) is 192 Å². The fourth-order valence-electron chi connectivity index (χ4n) is 8.22. The van der Waals surface area contributed by atoms with Crippen molar-refractivity contribution in [3.63, 3.8) is 0 Å². The molecule has 484 valence electrons. The second-order valence-corrected chi connectivity index (χ2v) is 22.6. The predicted molar refractivity (Wildman–Crippen MR) is 334 cm³/mol. The van der Waals surface area contributed by atoms with Gasteiger partial charge in [-0.1, -0.05) is 56.3 Å². The number of thioether (sulfide) groups is 1. The van der Waals surface area contributed by atoms with Crippen LogP contribution >= 0.6 is 37.0 Å². The van der Waals surface area contributed by atoms with Crippen molar-refractivity contribution in [2.24, 2.45) is 23.1 Å². The van der Waals surface area contributed by atoms with Gasteiger partial charge in [0.05, 0.1) is 25.7 Å². The average molecular weight is 1280 g/mol. The number of carbonyl (C=O) groups is 12. The molecule has 0 saturated heterocycles. The predicted octanol–water partition coefficient (Wildman–Crippen LogP) is -3.25. The van der Waals surface area contributed by atoms with Crippen molar-refractivity contribution in [1.29, 1.82) is 0 Å². The van der Waals surface area contributed by atoms with E-state index >= 15 is 0 Å². The molecule has 28 nitrogen and oxygen atoms in total. The number of phenols is 1. The Labute approximate surface area is 522 Å². The van der Waals surface area contributed by atoms with Gasteiger partial charge < -0.3 is 85.9 Å². The maximum Gasteiger partial charge on any atom is 0.326 e. The summed E-state index contributed by atoms with van der Waals surface area (Å²) in [5.74, 6) is -10.3. The summed E-state index contributed by atoms with van der Waals surface area (Å²) in [6, 6.07) is 3.09. The van der Waals surface area contributed by atoms with E-state index in [1.54, 1.807) is 44.2 Å². The summed E-state index contributed by atoms with van der Waals surface area (Å²) >= 11 is 9.96.